The molecule has 0 saturated carbocycles. The molecule has 1 aromatic heterocycles. The van der Waals surface area contributed by atoms with Crippen LogP contribution < -0.4 is 19.1 Å². The van der Waals surface area contributed by atoms with E-state index in [0.29, 0.717) is 29.6 Å². The normalized spacial score (nSPS) is 13.0. The van der Waals surface area contributed by atoms with Gasteiger partial charge in [0, 0.05) is 6.54 Å². The first kappa shape index (κ1) is 19.9. The molecule has 30 heavy (non-hydrogen) atoms. The highest BCUT2D eigenvalue weighted by Gasteiger charge is 2.29. The maximum Gasteiger partial charge on any atom is 0.294 e. The minimum absolute atomic E-state index is 0.177. The van der Waals surface area contributed by atoms with E-state index in [1.54, 1.807) is 31.3 Å². The van der Waals surface area contributed by atoms with Gasteiger partial charge in [0.1, 0.15) is 18.1 Å². The molecule has 0 unspecified atom stereocenters. The minimum Gasteiger partial charge on any atom is -0.495 e. The number of anilines is 1. The first-order chi connectivity index (χ1) is 14.6. The second-order valence-corrected chi connectivity index (χ2v) is 7.18. The lowest BCUT2D eigenvalue weighted by Crippen LogP contribution is -2.36. The molecule has 0 N–H and O–H groups in total. The molecular formula is C24H25NO5. The van der Waals surface area contributed by atoms with Gasteiger partial charge in [0.05, 0.1) is 19.9 Å². The number of furan rings is 1. The maximum absolute atomic E-state index is 13.2. The van der Waals surface area contributed by atoms with E-state index >= 15 is 0 Å². The van der Waals surface area contributed by atoms with Crippen molar-refractivity contribution in [2.24, 2.45) is 0 Å². The maximum atomic E-state index is 13.2. The van der Waals surface area contributed by atoms with Crippen LogP contribution in [0.2, 0.25) is 0 Å². The van der Waals surface area contributed by atoms with Gasteiger partial charge in [0.2, 0.25) is 0 Å². The molecule has 2 aromatic carbocycles. The molecule has 0 fully saturated rings. The molecule has 4 rings (SSSR count). The van der Waals surface area contributed by atoms with E-state index in [1.807, 2.05) is 36.4 Å². The number of benzene rings is 2. The van der Waals surface area contributed by atoms with Crippen molar-refractivity contribution in [3.8, 4) is 17.2 Å². The van der Waals surface area contributed by atoms with E-state index in [4.69, 9.17) is 18.6 Å². The van der Waals surface area contributed by atoms with Gasteiger partial charge in [0.25, 0.3) is 5.91 Å². The molecule has 6 heteroatoms. The average Bonchev–Trinajstić information content (AvgIpc) is 3.26. The summed E-state index contributed by atoms with van der Waals surface area (Å²) in [5.74, 6) is 2.64. The largest absolute Gasteiger partial charge is 0.495 e. The summed E-state index contributed by atoms with van der Waals surface area (Å²) in [5, 5.41) is 0. The van der Waals surface area contributed by atoms with E-state index in [-0.39, 0.29) is 18.3 Å². The number of rotatable bonds is 6. The van der Waals surface area contributed by atoms with Gasteiger partial charge in [-0.3, -0.25) is 4.79 Å². The third kappa shape index (κ3) is 3.73. The molecule has 2 heterocycles. The molecule has 3 aromatic rings. The molecule has 6 nitrogen and oxygen atoms in total. The summed E-state index contributed by atoms with van der Waals surface area (Å²) >= 11 is 0. The van der Waals surface area contributed by atoms with Gasteiger partial charge in [-0.2, -0.15) is 0 Å². The van der Waals surface area contributed by atoms with Gasteiger partial charge >= 0.3 is 0 Å². The number of nitrogens with zero attached hydrogens (tertiary/aromatic N) is 1. The molecule has 0 bridgehead atoms. The lowest BCUT2D eigenvalue weighted by Gasteiger charge is -2.31. The summed E-state index contributed by atoms with van der Waals surface area (Å²) in [6, 6.07) is 14.8. The standard InChI is InChI=1S/C24H25NO5/c1-16-10-12-21(28-3)23-18(16)7-6-14-25(23)24(26)22-13-11-17(30-22)15-29-20-9-5-4-8-19(20)27-2/h4-5,8-13H,6-7,14-15H2,1-3H3. The minimum atomic E-state index is -0.177. The quantitative estimate of drug-likeness (QED) is 0.589. The molecule has 1 aliphatic rings. The smallest absolute Gasteiger partial charge is 0.294 e. The summed E-state index contributed by atoms with van der Waals surface area (Å²) in [4.78, 5) is 15.0. The molecule has 156 valence electrons. The summed E-state index contributed by atoms with van der Waals surface area (Å²) in [7, 11) is 3.22. The second kappa shape index (κ2) is 8.53. The molecule has 1 aliphatic heterocycles. The Morgan fingerprint density at radius 1 is 1.00 bits per heavy atom. The number of fused-ring (bicyclic) bond motifs is 1. The number of methoxy groups -OCH3 is 2. The summed E-state index contributed by atoms with van der Waals surface area (Å²) in [6.45, 7) is 2.89. The average molecular weight is 407 g/mol. The molecule has 0 radical (unpaired) electrons. The number of hydrogen-bond donors (Lipinski definition) is 0. The van der Waals surface area contributed by atoms with Crippen molar-refractivity contribution < 1.29 is 23.4 Å². The van der Waals surface area contributed by atoms with Crippen molar-refractivity contribution >= 4 is 11.6 Å². The lowest BCUT2D eigenvalue weighted by atomic mass is 9.96. The van der Waals surface area contributed by atoms with Crippen LogP contribution in [0.3, 0.4) is 0 Å². The number of hydrogen-bond acceptors (Lipinski definition) is 5. The number of carbonyl (C=O) groups is 1. The van der Waals surface area contributed by atoms with Crippen LogP contribution in [0, 0.1) is 6.92 Å². The first-order valence-electron chi connectivity index (χ1n) is 9.95. The monoisotopic (exact) mass is 407 g/mol. The van der Waals surface area contributed by atoms with Crippen molar-refractivity contribution in [1.29, 1.82) is 0 Å². The number of amides is 1. The fourth-order valence-corrected chi connectivity index (χ4v) is 3.81. The Labute approximate surface area is 176 Å². The zero-order valence-corrected chi connectivity index (χ0v) is 17.4. The first-order valence-corrected chi connectivity index (χ1v) is 9.95. The SMILES string of the molecule is COc1ccccc1OCc1ccc(C(=O)N2CCCc3c(C)ccc(OC)c32)o1. The van der Waals surface area contributed by atoms with Gasteiger partial charge < -0.3 is 23.5 Å². The van der Waals surface area contributed by atoms with Gasteiger partial charge in [-0.15, -0.1) is 0 Å². The number of para-hydroxylation sites is 2. The Hall–Kier alpha value is -3.41. The highest BCUT2D eigenvalue weighted by molar-refractivity contribution is 6.06. The van der Waals surface area contributed by atoms with E-state index in [1.165, 1.54) is 0 Å². The highest BCUT2D eigenvalue weighted by atomic mass is 16.5. The summed E-state index contributed by atoms with van der Waals surface area (Å²) in [5.41, 5.74) is 3.16. The number of ether oxygens (including phenoxy) is 3. The van der Waals surface area contributed by atoms with Crippen LogP contribution in [0.25, 0.3) is 0 Å². The zero-order valence-electron chi connectivity index (χ0n) is 17.4. The molecule has 0 aliphatic carbocycles. The fourth-order valence-electron chi connectivity index (χ4n) is 3.81. The van der Waals surface area contributed by atoms with Crippen molar-refractivity contribution in [2.75, 3.05) is 25.7 Å². The van der Waals surface area contributed by atoms with Crippen molar-refractivity contribution in [1.82, 2.24) is 0 Å². The van der Waals surface area contributed by atoms with Crippen LogP contribution in [0.4, 0.5) is 5.69 Å². The van der Waals surface area contributed by atoms with E-state index in [2.05, 4.69) is 6.92 Å². The molecule has 1 amide bonds. The zero-order chi connectivity index (χ0) is 21.1. The summed E-state index contributed by atoms with van der Waals surface area (Å²) in [6.07, 6.45) is 1.83. The van der Waals surface area contributed by atoms with Crippen LogP contribution >= 0.6 is 0 Å². The van der Waals surface area contributed by atoms with Gasteiger partial charge in [-0.05, 0) is 61.2 Å². The molecule has 0 spiro atoms. The molecular weight excluding hydrogens is 382 g/mol. The Morgan fingerprint density at radius 2 is 1.77 bits per heavy atom. The van der Waals surface area contributed by atoms with Crippen LogP contribution in [-0.2, 0) is 13.0 Å². The lowest BCUT2D eigenvalue weighted by molar-refractivity contribution is 0.0953. The van der Waals surface area contributed by atoms with Gasteiger partial charge in [-0.25, -0.2) is 0 Å². The Kier molecular flexibility index (Phi) is 5.65. The van der Waals surface area contributed by atoms with Crippen LogP contribution in [0.15, 0.2) is 52.9 Å². The third-order valence-corrected chi connectivity index (χ3v) is 5.33. The predicted octanol–water partition coefficient (Wildman–Crippen LogP) is 4.78. The van der Waals surface area contributed by atoms with Crippen molar-refractivity contribution in [2.45, 2.75) is 26.4 Å². The van der Waals surface area contributed by atoms with E-state index in [0.717, 1.165) is 29.7 Å². The summed E-state index contributed by atoms with van der Waals surface area (Å²) < 4.78 is 22.4. The van der Waals surface area contributed by atoms with E-state index in [9.17, 15) is 4.79 Å². The van der Waals surface area contributed by atoms with Crippen LogP contribution in [0.1, 0.15) is 33.9 Å². The predicted molar refractivity (Wildman–Crippen MR) is 114 cm³/mol. The highest BCUT2D eigenvalue weighted by Crippen LogP contribution is 2.39. The van der Waals surface area contributed by atoms with Crippen molar-refractivity contribution in [3.63, 3.8) is 0 Å². The van der Waals surface area contributed by atoms with Crippen LogP contribution in [-0.4, -0.2) is 26.7 Å². The Bertz CT molecular complexity index is 1060. The Balaban J connectivity index is 1.54. The number of carbonyl (C=O) groups excluding carboxylic acids is 1. The van der Waals surface area contributed by atoms with Crippen molar-refractivity contribution in [3.05, 3.63) is 71.2 Å². The number of aryl methyl sites for hydroxylation is 1. The van der Waals surface area contributed by atoms with Crippen LogP contribution in [0.5, 0.6) is 17.2 Å². The molecule has 0 atom stereocenters. The third-order valence-electron chi connectivity index (χ3n) is 5.33. The van der Waals surface area contributed by atoms with Gasteiger partial charge in [-0.1, -0.05) is 18.2 Å². The van der Waals surface area contributed by atoms with Gasteiger partial charge in [0.15, 0.2) is 17.3 Å². The fraction of sp³-hybridized carbons (Fsp3) is 0.292. The second-order valence-electron chi connectivity index (χ2n) is 7.18. The van der Waals surface area contributed by atoms with E-state index < -0.39 is 0 Å². The Morgan fingerprint density at radius 3 is 2.53 bits per heavy atom. The topological polar surface area (TPSA) is 61.1 Å². The molecule has 0 saturated heterocycles.